The van der Waals surface area contributed by atoms with Gasteiger partial charge in [-0.3, -0.25) is 4.79 Å². The highest BCUT2D eigenvalue weighted by atomic mass is 16.1. The van der Waals surface area contributed by atoms with Crippen molar-refractivity contribution in [2.45, 2.75) is 34.1 Å². The monoisotopic (exact) mass is 273 g/mol. The number of aryl methyl sites for hydroxylation is 2. The van der Waals surface area contributed by atoms with Crippen LogP contribution in [0.2, 0.25) is 0 Å². The van der Waals surface area contributed by atoms with E-state index in [2.05, 4.69) is 20.4 Å². The van der Waals surface area contributed by atoms with Gasteiger partial charge in [-0.15, -0.1) is 0 Å². The fourth-order valence-corrected chi connectivity index (χ4v) is 1.96. The van der Waals surface area contributed by atoms with E-state index in [1.54, 1.807) is 10.7 Å². The van der Waals surface area contributed by atoms with Crippen LogP contribution >= 0.6 is 0 Å². The molecular weight excluding hydrogens is 254 g/mol. The molecule has 0 bridgehead atoms. The summed E-state index contributed by atoms with van der Waals surface area (Å²) >= 11 is 0. The fourth-order valence-electron chi connectivity index (χ4n) is 1.96. The number of carbonyl (C=O) groups excluding carboxylic acids is 1. The van der Waals surface area contributed by atoms with Crippen LogP contribution in [0, 0.1) is 19.8 Å². The molecule has 0 aliphatic carbocycles. The number of hydrogen-bond donors (Lipinski definition) is 1. The largest absolute Gasteiger partial charge is 0.311 e. The van der Waals surface area contributed by atoms with E-state index in [1.807, 2.05) is 33.8 Å². The van der Waals surface area contributed by atoms with Crippen LogP contribution < -0.4 is 5.32 Å². The molecule has 0 aliphatic heterocycles. The first kappa shape index (κ1) is 14.2. The van der Waals surface area contributed by atoms with Crippen molar-refractivity contribution in [2.75, 3.05) is 5.32 Å². The van der Waals surface area contributed by atoms with Gasteiger partial charge in [0.2, 0.25) is 5.91 Å². The van der Waals surface area contributed by atoms with Crippen molar-refractivity contribution >= 4 is 11.7 Å². The molecule has 2 heterocycles. The second kappa shape index (κ2) is 5.81. The molecule has 6 nitrogen and oxygen atoms in total. The molecule has 2 rings (SSSR count). The van der Waals surface area contributed by atoms with Gasteiger partial charge in [-0.1, -0.05) is 13.8 Å². The maximum absolute atomic E-state index is 11.7. The fraction of sp³-hybridized carbons (Fsp3) is 0.429. The van der Waals surface area contributed by atoms with Crippen molar-refractivity contribution in [1.29, 1.82) is 0 Å². The maximum Gasteiger partial charge on any atom is 0.225 e. The Hall–Kier alpha value is -2.24. The van der Waals surface area contributed by atoms with Crippen LogP contribution in [0.15, 0.2) is 18.5 Å². The molecule has 0 aromatic carbocycles. The molecule has 0 saturated heterocycles. The first-order valence-corrected chi connectivity index (χ1v) is 6.61. The van der Waals surface area contributed by atoms with Crippen LogP contribution in [-0.4, -0.2) is 25.7 Å². The van der Waals surface area contributed by atoms with Crippen LogP contribution in [-0.2, 0) is 4.79 Å². The lowest BCUT2D eigenvalue weighted by atomic mass is 10.1. The van der Waals surface area contributed by atoms with Crippen molar-refractivity contribution in [3.8, 4) is 5.82 Å². The van der Waals surface area contributed by atoms with Gasteiger partial charge in [0, 0.05) is 18.2 Å². The molecule has 2 aromatic heterocycles. The Bertz CT molecular complexity index is 618. The Labute approximate surface area is 118 Å². The molecule has 0 unspecified atom stereocenters. The predicted molar refractivity (Wildman–Crippen MR) is 76.7 cm³/mol. The number of nitrogens with zero attached hydrogens (tertiary/aromatic N) is 4. The van der Waals surface area contributed by atoms with Gasteiger partial charge in [0.15, 0.2) is 5.82 Å². The van der Waals surface area contributed by atoms with E-state index < -0.39 is 0 Å². The normalized spacial score (nSPS) is 10.8. The van der Waals surface area contributed by atoms with Crippen molar-refractivity contribution in [2.24, 2.45) is 5.92 Å². The van der Waals surface area contributed by atoms with Gasteiger partial charge >= 0.3 is 0 Å². The lowest BCUT2D eigenvalue weighted by Gasteiger charge is -2.08. The van der Waals surface area contributed by atoms with Gasteiger partial charge < -0.3 is 5.32 Å². The third kappa shape index (κ3) is 3.40. The van der Waals surface area contributed by atoms with Gasteiger partial charge in [-0.25, -0.2) is 14.6 Å². The zero-order valence-corrected chi connectivity index (χ0v) is 12.2. The minimum atomic E-state index is -0.0435. The third-order valence-corrected chi connectivity index (χ3v) is 2.74. The Morgan fingerprint density at radius 3 is 2.65 bits per heavy atom. The van der Waals surface area contributed by atoms with Crippen molar-refractivity contribution in [3.05, 3.63) is 29.8 Å². The summed E-state index contributed by atoms with van der Waals surface area (Å²) in [5.74, 6) is 1.41. The van der Waals surface area contributed by atoms with E-state index in [9.17, 15) is 4.79 Å². The van der Waals surface area contributed by atoms with Crippen molar-refractivity contribution in [1.82, 2.24) is 19.7 Å². The summed E-state index contributed by atoms with van der Waals surface area (Å²) in [7, 11) is 0. The summed E-state index contributed by atoms with van der Waals surface area (Å²) in [6.07, 6.45) is 1.90. The number of nitrogens with one attached hydrogen (secondary N) is 1. The maximum atomic E-state index is 11.7. The molecule has 2 aromatic rings. The van der Waals surface area contributed by atoms with Gasteiger partial charge in [-0.05, 0) is 25.8 Å². The zero-order valence-electron chi connectivity index (χ0n) is 12.2. The minimum Gasteiger partial charge on any atom is -0.311 e. The van der Waals surface area contributed by atoms with Crippen LogP contribution in [0.4, 0.5) is 5.82 Å². The topological polar surface area (TPSA) is 72.7 Å². The van der Waals surface area contributed by atoms with Crippen LogP contribution in [0.25, 0.3) is 5.82 Å². The Kier molecular flexibility index (Phi) is 4.12. The van der Waals surface area contributed by atoms with Crippen molar-refractivity contribution < 1.29 is 4.79 Å². The average Bonchev–Trinajstić information content (AvgIpc) is 2.67. The quantitative estimate of drug-likeness (QED) is 0.927. The highest BCUT2D eigenvalue weighted by molar-refractivity contribution is 5.89. The Balaban J connectivity index is 2.20. The molecule has 0 fully saturated rings. The summed E-state index contributed by atoms with van der Waals surface area (Å²) in [5, 5.41) is 7.14. The number of amides is 1. The van der Waals surface area contributed by atoms with Crippen LogP contribution in [0.3, 0.4) is 0 Å². The van der Waals surface area contributed by atoms with E-state index in [4.69, 9.17) is 0 Å². The highest BCUT2D eigenvalue weighted by Gasteiger charge is 2.09. The van der Waals surface area contributed by atoms with E-state index in [1.165, 1.54) is 6.33 Å². The molecule has 20 heavy (non-hydrogen) atoms. The summed E-state index contributed by atoms with van der Waals surface area (Å²) in [6, 6.07) is 3.69. The number of aromatic nitrogens is 4. The van der Waals surface area contributed by atoms with E-state index in [0.717, 1.165) is 11.4 Å². The second-order valence-electron chi connectivity index (χ2n) is 5.25. The molecule has 1 N–H and O–H groups in total. The molecular formula is C14H19N5O. The molecule has 0 aliphatic rings. The SMILES string of the molecule is Cc1cc(C)n(-c2cc(NC(=O)CC(C)C)ncn2)n1. The van der Waals surface area contributed by atoms with Crippen LogP contribution in [0.1, 0.15) is 31.7 Å². The lowest BCUT2D eigenvalue weighted by molar-refractivity contribution is -0.116. The summed E-state index contributed by atoms with van der Waals surface area (Å²) in [5.41, 5.74) is 1.91. The smallest absolute Gasteiger partial charge is 0.225 e. The van der Waals surface area contributed by atoms with Gasteiger partial charge in [0.05, 0.1) is 5.69 Å². The minimum absolute atomic E-state index is 0.0435. The zero-order chi connectivity index (χ0) is 14.7. The second-order valence-corrected chi connectivity index (χ2v) is 5.25. The van der Waals surface area contributed by atoms with Gasteiger partial charge in [0.1, 0.15) is 12.1 Å². The first-order chi connectivity index (χ1) is 9.45. The summed E-state index contributed by atoms with van der Waals surface area (Å²) < 4.78 is 1.73. The van der Waals surface area contributed by atoms with Gasteiger partial charge in [-0.2, -0.15) is 5.10 Å². The molecule has 0 radical (unpaired) electrons. The van der Waals surface area contributed by atoms with E-state index in [-0.39, 0.29) is 5.91 Å². The van der Waals surface area contributed by atoms with Crippen molar-refractivity contribution in [3.63, 3.8) is 0 Å². The summed E-state index contributed by atoms with van der Waals surface area (Å²) in [6.45, 7) is 7.89. The Morgan fingerprint density at radius 1 is 1.30 bits per heavy atom. The Morgan fingerprint density at radius 2 is 2.05 bits per heavy atom. The average molecular weight is 273 g/mol. The molecule has 0 atom stereocenters. The number of hydrogen-bond acceptors (Lipinski definition) is 4. The lowest BCUT2D eigenvalue weighted by Crippen LogP contribution is -2.15. The van der Waals surface area contributed by atoms with Crippen LogP contribution in [0.5, 0.6) is 0 Å². The molecule has 0 spiro atoms. The summed E-state index contributed by atoms with van der Waals surface area (Å²) in [4.78, 5) is 20.0. The number of carbonyl (C=O) groups is 1. The standard InChI is InChI=1S/C14H19N5O/c1-9(2)5-14(20)17-12-7-13(16-8-15-12)19-11(4)6-10(3)18-19/h6-9H,5H2,1-4H3,(H,15,16,17,20). The van der Waals surface area contributed by atoms with E-state index in [0.29, 0.717) is 24.0 Å². The molecule has 6 heteroatoms. The third-order valence-electron chi connectivity index (χ3n) is 2.74. The number of anilines is 1. The molecule has 106 valence electrons. The first-order valence-electron chi connectivity index (χ1n) is 6.61. The number of rotatable bonds is 4. The highest BCUT2D eigenvalue weighted by Crippen LogP contribution is 2.13. The molecule has 1 amide bonds. The van der Waals surface area contributed by atoms with Gasteiger partial charge in [0.25, 0.3) is 0 Å². The predicted octanol–water partition coefficient (Wildman–Crippen LogP) is 2.26. The van der Waals surface area contributed by atoms with E-state index >= 15 is 0 Å². The molecule has 0 saturated carbocycles.